The minimum atomic E-state index is 0.566. The summed E-state index contributed by atoms with van der Waals surface area (Å²) in [5.41, 5.74) is 12.0. The van der Waals surface area contributed by atoms with Crippen molar-refractivity contribution in [2.75, 3.05) is 0 Å². The Labute approximate surface area is 301 Å². The van der Waals surface area contributed by atoms with Gasteiger partial charge in [0.05, 0.1) is 22.7 Å². The van der Waals surface area contributed by atoms with E-state index in [-0.39, 0.29) is 0 Å². The third kappa shape index (κ3) is 5.59. The van der Waals surface area contributed by atoms with Crippen LogP contribution in [-0.4, -0.2) is 19.5 Å². The number of nitriles is 1. The monoisotopic (exact) mass is 665 g/mol. The van der Waals surface area contributed by atoms with Crippen LogP contribution < -0.4 is 0 Å². The molecule has 0 aliphatic carbocycles. The molecule has 5 heteroatoms. The summed E-state index contributed by atoms with van der Waals surface area (Å²) in [4.78, 5) is 15.2. The van der Waals surface area contributed by atoms with Gasteiger partial charge in [-0.05, 0) is 71.6 Å². The zero-order valence-corrected chi connectivity index (χ0v) is 28.4. The Balaban J connectivity index is 1.30. The standard InChI is InChI=1S/C47H31N5/c1-31-16-20-33(21-17-31)37-24-27-44-41(28-37)40-14-8-9-15-43(40)52(44)38-25-26-39(34-22-18-32(30-48)19-23-34)42(29-38)47-50-45(35-10-4-2-5-11-35)49-46(51-47)36-12-6-3-7-13-36/h2-29H,1H3. The molecule has 0 fully saturated rings. The highest BCUT2D eigenvalue weighted by atomic mass is 15.0. The molecule has 0 N–H and O–H groups in total. The average molecular weight is 666 g/mol. The highest BCUT2D eigenvalue weighted by Crippen LogP contribution is 2.39. The molecule has 0 bridgehead atoms. The van der Waals surface area contributed by atoms with Crippen molar-refractivity contribution in [3.05, 3.63) is 181 Å². The maximum absolute atomic E-state index is 9.54. The molecule has 0 spiro atoms. The molecular formula is C47H31N5. The quantitative estimate of drug-likeness (QED) is 0.177. The van der Waals surface area contributed by atoms with Gasteiger partial charge in [-0.2, -0.15) is 5.26 Å². The van der Waals surface area contributed by atoms with Gasteiger partial charge in [0.1, 0.15) is 0 Å². The summed E-state index contributed by atoms with van der Waals surface area (Å²) >= 11 is 0. The van der Waals surface area contributed by atoms with Crippen molar-refractivity contribution >= 4 is 21.8 Å². The highest BCUT2D eigenvalue weighted by molar-refractivity contribution is 6.10. The van der Waals surface area contributed by atoms with Gasteiger partial charge < -0.3 is 4.57 Å². The number of benzene rings is 7. The minimum absolute atomic E-state index is 0.566. The summed E-state index contributed by atoms with van der Waals surface area (Å²) < 4.78 is 2.33. The van der Waals surface area contributed by atoms with Gasteiger partial charge >= 0.3 is 0 Å². The molecular weight excluding hydrogens is 635 g/mol. The van der Waals surface area contributed by atoms with Gasteiger partial charge in [0.25, 0.3) is 0 Å². The summed E-state index contributed by atoms with van der Waals surface area (Å²) in [6, 6.07) is 60.5. The molecule has 244 valence electrons. The Hall–Kier alpha value is -7.16. The van der Waals surface area contributed by atoms with Crippen molar-refractivity contribution in [2.45, 2.75) is 6.92 Å². The lowest BCUT2D eigenvalue weighted by molar-refractivity contribution is 1.07. The Kier molecular flexibility index (Phi) is 7.68. The van der Waals surface area contributed by atoms with Crippen LogP contribution in [-0.2, 0) is 0 Å². The second-order valence-electron chi connectivity index (χ2n) is 12.9. The number of aryl methyl sites for hydroxylation is 1. The summed E-state index contributed by atoms with van der Waals surface area (Å²) in [6.45, 7) is 2.11. The van der Waals surface area contributed by atoms with Crippen molar-refractivity contribution in [3.8, 4) is 68.2 Å². The third-order valence-electron chi connectivity index (χ3n) is 9.58. The predicted molar refractivity (Wildman–Crippen MR) is 211 cm³/mol. The van der Waals surface area contributed by atoms with E-state index < -0.39 is 0 Å². The van der Waals surface area contributed by atoms with Crippen LogP contribution >= 0.6 is 0 Å². The second kappa shape index (κ2) is 12.9. The highest BCUT2D eigenvalue weighted by Gasteiger charge is 2.19. The molecule has 5 nitrogen and oxygen atoms in total. The Morgan fingerprint density at radius 2 is 1.02 bits per heavy atom. The SMILES string of the molecule is Cc1ccc(-c2ccc3c(c2)c2ccccc2n3-c2ccc(-c3ccc(C#N)cc3)c(-c3nc(-c4ccccc4)nc(-c4ccccc4)n3)c2)cc1. The molecule has 2 heterocycles. The first-order valence-electron chi connectivity index (χ1n) is 17.3. The zero-order chi connectivity index (χ0) is 35.0. The van der Waals surface area contributed by atoms with Crippen molar-refractivity contribution in [2.24, 2.45) is 0 Å². The van der Waals surface area contributed by atoms with Gasteiger partial charge in [0.2, 0.25) is 0 Å². The molecule has 9 aromatic rings. The summed E-state index contributed by atoms with van der Waals surface area (Å²) in [7, 11) is 0. The van der Waals surface area contributed by atoms with E-state index in [2.05, 4.69) is 102 Å². The van der Waals surface area contributed by atoms with Crippen LogP contribution in [0.4, 0.5) is 0 Å². The maximum atomic E-state index is 9.54. The van der Waals surface area contributed by atoms with Crippen molar-refractivity contribution < 1.29 is 0 Å². The Morgan fingerprint density at radius 3 is 1.69 bits per heavy atom. The molecule has 0 aliphatic rings. The van der Waals surface area contributed by atoms with Crippen molar-refractivity contribution in [3.63, 3.8) is 0 Å². The van der Waals surface area contributed by atoms with Crippen LogP contribution in [0.15, 0.2) is 170 Å². The third-order valence-corrected chi connectivity index (χ3v) is 9.58. The molecule has 0 amide bonds. The van der Waals surface area contributed by atoms with Gasteiger partial charge in [0.15, 0.2) is 17.5 Å². The minimum Gasteiger partial charge on any atom is -0.309 e. The van der Waals surface area contributed by atoms with E-state index in [4.69, 9.17) is 15.0 Å². The number of hydrogen-bond donors (Lipinski definition) is 0. The number of nitrogens with zero attached hydrogens (tertiary/aromatic N) is 5. The van der Waals surface area contributed by atoms with Gasteiger partial charge in [-0.3, -0.25) is 0 Å². The van der Waals surface area contributed by atoms with Crippen molar-refractivity contribution in [1.82, 2.24) is 19.5 Å². The lowest BCUT2D eigenvalue weighted by Gasteiger charge is -2.15. The second-order valence-corrected chi connectivity index (χ2v) is 12.9. The number of aromatic nitrogens is 4. The number of hydrogen-bond acceptors (Lipinski definition) is 4. The van der Waals surface area contributed by atoms with E-state index in [9.17, 15) is 5.26 Å². The Bertz CT molecular complexity index is 2720. The van der Waals surface area contributed by atoms with Gasteiger partial charge in [-0.15, -0.1) is 0 Å². The average Bonchev–Trinajstić information content (AvgIpc) is 3.55. The van der Waals surface area contributed by atoms with Crippen LogP contribution in [0.2, 0.25) is 0 Å². The Morgan fingerprint density at radius 1 is 0.442 bits per heavy atom. The van der Waals surface area contributed by atoms with Gasteiger partial charge in [0, 0.05) is 33.2 Å². The molecule has 0 saturated carbocycles. The number of para-hydroxylation sites is 1. The lowest BCUT2D eigenvalue weighted by Crippen LogP contribution is -2.02. The molecule has 52 heavy (non-hydrogen) atoms. The summed E-state index contributed by atoms with van der Waals surface area (Å²) in [5, 5.41) is 11.9. The van der Waals surface area contributed by atoms with Crippen LogP contribution in [0.25, 0.3) is 83.9 Å². The molecule has 2 aromatic heterocycles. The van der Waals surface area contributed by atoms with Gasteiger partial charge in [-0.1, -0.05) is 133 Å². The van der Waals surface area contributed by atoms with Crippen LogP contribution in [0, 0.1) is 18.3 Å². The van der Waals surface area contributed by atoms with Crippen LogP contribution in [0.1, 0.15) is 11.1 Å². The zero-order valence-electron chi connectivity index (χ0n) is 28.4. The number of rotatable bonds is 6. The molecule has 0 atom stereocenters. The van der Waals surface area contributed by atoms with E-state index in [1.807, 2.05) is 84.9 Å². The predicted octanol–water partition coefficient (Wildman–Crippen LogP) is 11.5. The topological polar surface area (TPSA) is 67.4 Å². The van der Waals surface area contributed by atoms with E-state index in [0.717, 1.165) is 44.5 Å². The molecule has 7 aromatic carbocycles. The fourth-order valence-corrected chi connectivity index (χ4v) is 6.94. The van der Waals surface area contributed by atoms with Crippen LogP contribution in [0.3, 0.4) is 0 Å². The molecule has 9 rings (SSSR count). The smallest absolute Gasteiger partial charge is 0.164 e. The fraction of sp³-hybridized carbons (Fsp3) is 0.0213. The molecule has 0 radical (unpaired) electrons. The van der Waals surface area contributed by atoms with Gasteiger partial charge in [-0.25, -0.2) is 15.0 Å². The van der Waals surface area contributed by atoms with E-state index >= 15 is 0 Å². The lowest BCUT2D eigenvalue weighted by atomic mass is 9.97. The first kappa shape index (κ1) is 30.9. The molecule has 0 saturated heterocycles. The molecule has 0 aliphatic heterocycles. The van der Waals surface area contributed by atoms with E-state index in [0.29, 0.717) is 23.0 Å². The summed E-state index contributed by atoms with van der Waals surface area (Å²) in [5.74, 6) is 1.76. The van der Waals surface area contributed by atoms with Crippen molar-refractivity contribution in [1.29, 1.82) is 5.26 Å². The van der Waals surface area contributed by atoms with E-state index in [1.165, 1.54) is 27.5 Å². The van der Waals surface area contributed by atoms with Crippen LogP contribution in [0.5, 0.6) is 0 Å². The maximum Gasteiger partial charge on any atom is 0.164 e. The number of fused-ring (bicyclic) bond motifs is 3. The summed E-state index contributed by atoms with van der Waals surface area (Å²) in [6.07, 6.45) is 0. The largest absolute Gasteiger partial charge is 0.309 e. The molecule has 0 unspecified atom stereocenters. The normalized spacial score (nSPS) is 11.2. The fourth-order valence-electron chi connectivity index (χ4n) is 6.94. The first-order chi connectivity index (χ1) is 25.6. The first-order valence-corrected chi connectivity index (χ1v) is 17.3. The van der Waals surface area contributed by atoms with E-state index in [1.54, 1.807) is 0 Å².